The van der Waals surface area contributed by atoms with Gasteiger partial charge in [-0.1, -0.05) is 6.07 Å². The summed E-state index contributed by atoms with van der Waals surface area (Å²) in [5, 5.41) is 0. The van der Waals surface area contributed by atoms with E-state index in [1.165, 1.54) is 0 Å². The van der Waals surface area contributed by atoms with Gasteiger partial charge in [-0.2, -0.15) is 0 Å². The van der Waals surface area contributed by atoms with Crippen LogP contribution in [0.15, 0.2) is 47.1 Å². The van der Waals surface area contributed by atoms with Crippen molar-refractivity contribution in [3.63, 3.8) is 0 Å². The fraction of sp³-hybridized carbons (Fsp3) is 0.278. The van der Waals surface area contributed by atoms with Crippen LogP contribution in [-0.2, 0) is 0 Å². The van der Waals surface area contributed by atoms with E-state index in [-0.39, 0.29) is 11.8 Å². The van der Waals surface area contributed by atoms with Gasteiger partial charge in [0.15, 0.2) is 11.5 Å². The van der Waals surface area contributed by atoms with Crippen molar-refractivity contribution in [1.82, 2.24) is 14.9 Å². The van der Waals surface area contributed by atoms with E-state index in [1.807, 2.05) is 30.0 Å². The van der Waals surface area contributed by atoms with E-state index in [2.05, 4.69) is 9.97 Å². The third kappa shape index (κ3) is 2.59. The molecule has 1 fully saturated rings. The predicted molar refractivity (Wildman–Crippen MR) is 86.2 cm³/mol. The summed E-state index contributed by atoms with van der Waals surface area (Å²) in [6.45, 7) is 3.40. The number of aryl methyl sites for hydroxylation is 1. The second-order valence-corrected chi connectivity index (χ2v) is 6.00. The molecule has 0 spiro atoms. The Labute approximate surface area is 134 Å². The molecular formula is C18H17N3O2. The second kappa shape index (κ2) is 5.50. The van der Waals surface area contributed by atoms with Gasteiger partial charge in [-0.15, -0.1) is 0 Å². The topological polar surface area (TPSA) is 59.2 Å². The minimum absolute atomic E-state index is 0.0209. The van der Waals surface area contributed by atoms with Crippen molar-refractivity contribution in [2.45, 2.75) is 19.3 Å². The van der Waals surface area contributed by atoms with Crippen LogP contribution < -0.4 is 0 Å². The third-order valence-corrected chi connectivity index (χ3v) is 4.29. The molecule has 0 saturated carbocycles. The number of pyridine rings is 1. The molecule has 0 bridgehead atoms. The molecule has 1 aliphatic rings. The molecule has 0 N–H and O–H groups in total. The number of hydrogen-bond acceptors (Lipinski definition) is 4. The molecule has 4 rings (SSSR count). The lowest BCUT2D eigenvalue weighted by Gasteiger charge is -2.15. The standard InChI is InChI=1S/C18H17N3O2/c1-12-4-5-16-15(9-12)20-17(23-16)14-6-8-21(11-14)18(22)13-3-2-7-19-10-13/h2-5,7,9-10,14H,6,8,11H2,1H3. The number of fused-ring (bicyclic) bond motifs is 1. The van der Waals surface area contributed by atoms with Gasteiger partial charge in [0.25, 0.3) is 5.91 Å². The van der Waals surface area contributed by atoms with Crippen molar-refractivity contribution in [2.24, 2.45) is 0 Å². The van der Waals surface area contributed by atoms with Gasteiger partial charge in [0.05, 0.1) is 11.5 Å². The lowest BCUT2D eigenvalue weighted by molar-refractivity contribution is 0.0789. The second-order valence-electron chi connectivity index (χ2n) is 6.00. The van der Waals surface area contributed by atoms with Crippen LogP contribution in [0.2, 0.25) is 0 Å². The summed E-state index contributed by atoms with van der Waals surface area (Å²) in [5.41, 5.74) is 3.48. The summed E-state index contributed by atoms with van der Waals surface area (Å²) in [6.07, 6.45) is 4.15. The van der Waals surface area contributed by atoms with Crippen LogP contribution in [0.5, 0.6) is 0 Å². The minimum Gasteiger partial charge on any atom is -0.440 e. The van der Waals surface area contributed by atoms with Gasteiger partial charge in [0.1, 0.15) is 5.52 Å². The zero-order chi connectivity index (χ0) is 15.8. The van der Waals surface area contributed by atoms with E-state index >= 15 is 0 Å². The first kappa shape index (κ1) is 13.9. The van der Waals surface area contributed by atoms with Crippen LogP contribution in [0.1, 0.15) is 34.2 Å². The van der Waals surface area contributed by atoms with Gasteiger partial charge in [0.2, 0.25) is 0 Å². The molecule has 0 radical (unpaired) electrons. The lowest BCUT2D eigenvalue weighted by Crippen LogP contribution is -2.28. The van der Waals surface area contributed by atoms with Gasteiger partial charge in [0, 0.05) is 25.5 Å². The molecule has 1 aliphatic heterocycles. The minimum atomic E-state index is 0.0209. The lowest BCUT2D eigenvalue weighted by atomic mass is 10.1. The van der Waals surface area contributed by atoms with Crippen LogP contribution in [0.4, 0.5) is 0 Å². The predicted octanol–water partition coefficient (Wildman–Crippen LogP) is 3.16. The maximum atomic E-state index is 12.5. The Morgan fingerprint density at radius 1 is 1.35 bits per heavy atom. The quantitative estimate of drug-likeness (QED) is 0.729. The molecule has 1 unspecified atom stereocenters. The Balaban J connectivity index is 1.54. The van der Waals surface area contributed by atoms with Gasteiger partial charge in [-0.3, -0.25) is 9.78 Å². The van der Waals surface area contributed by atoms with E-state index in [0.717, 1.165) is 35.5 Å². The number of hydrogen-bond donors (Lipinski definition) is 0. The molecule has 5 nitrogen and oxygen atoms in total. The first-order chi connectivity index (χ1) is 11.2. The SMILES string of the molecule is Cc1ccc2oc(C3CCN(C(=O)c4cccnc4)C3)nc2c1. The van der Waals surface area contributed by atoms with Crippen molar-refractivity contribution in [2.75, 3.05) is 13.1 Å². The summed E-state index contributed by atoms with van der Waals surface area (Å²) in [5.74, 6) is 0.906. The molecule has 5 heteroatoms. The fourth-order valence-electron chi connectivity index (χ4n) is 3.05. The summed E-state index contributed by atoms with van der Waals surface area (Å²) in [7, 11) is 0. The molecule has 1 aromatic carbocycles. The molecule has 1 amide bonds. The van der Waals surface area contributed by atoms with Gasteiger partial charge in [-0.25, -0.2) is 4.98 Å². The average molecular weight is 307 g/mol. The Kier molecular flexibility index (Phi) is 3.33. The normalized spacial score (nSPS) is 17.8. The number of carbonyl (C=O) groups is 1. The van der Waals surface area contributed by atoms with Crippen LogP contribution in [0, 0.1) is 6.92 Å². The number of nitrogens with zero attached hydrogens (tertiary/aromatic N) is 3. The van der Waals surface area contributed by atoms with Crippen LogP contribution in [0.25, 0.3) is 11.1 Å². The van der Waals surface area contributed by atoms with Crippen molar-refractivity contribution >= 4 is 17.0 Å². The number of likely N-dealkylation sites (tertiary alicyclic amines) is 1. The third-order valence-electron chi connectivity index (χ3n) is 4.29. The van der Waals surface area contributed by atoms with Gasteiger partial charge in [-0.05, 0) is 43.2 Å². The van der Waals surface area contributed by atoms with Gasteiger partial charge < -0.3 is 9.32 Å². The molecule has 1 atom stereocenters. The van der Waals surface area contributed by atoms with Crippen LogP contribution >= 0.6 is 0 Å². The smallest absolute Gasteiger partial charge is 0.255 e. The molecule has 116 valence electrons. The zero-order valence-corrected chi connectivity index (χ0v) is 12.9. The highest BCUT2D eigenvalue weighted by Crippen LogP contribution is 2.30. The zero-order valence-electron chi connectivity index (χ0n) is 12.9. The Bertz CT molecular complexity index is 857. The first-order valence-electron chi connectivity index (χ1n) is 7.77. The van der Waals surface area contributed by atoms with E-state index in [1.54, 1.807) is 24.5 Å². The summed E-state index contributed by atoms with van der Waals surface area (Å²) in [6, 6.07) is 9.57. The van der Waals surface area contributed by atoms with Crippen molar-refractivity contribution in [3.05, 3.63) is 59.7 Å². The molecular weight excluding hydrogens is 290 g/mol. The number of rotatable bonds is 2. The Hall–Kier alpha value is -2.69. The molecule has 2 aromatic heterocycles. The maximum absolute atomic E-state index is 12.5. The van der Waals surface area contributed by atoms with Crippen molar-refractivity contribution in [1.29, 1.82) is 0 Å². The average Bonchev–Trinajstić information content (AvgIpc) is 3.21. The molecule has 23 heavy (non-hydrogen) atoms. The van der Waals surface area contributed by atoms with Crippen molar-refractivity contribution < 1.29 is 9.21 Å². The summed E-state index contributed by atoms with van der Waals surface area (Å²) >= 11 is 0. The number of oxazole rings is 1. The molecule has 0 aliphatic carbocycles. The number of benzene rings is 1. The van der Waals surface area contributed by atoms with E-state index in [0.29, 0.717) is 12.1 Å². The highest BCUT2D eigenvalue weighted by molar-refractivity contribution is 5.94. The highest BCUT2D eigenvalue weighted by Gasteiger charge is 2.31. The largest absolute Gasteiger partial charge is 0.440 e. The Morgan fingerprint density at radius 2 is 2.26 bits per heavy atom. The van der Waals surface area contributed by atoms with Gasteiger partial charge >= 0.3 is 0 Å². The molecule has 3 aromatic rings. The monoisotopic (exact) mass is 307 g/mol. The van der Waals surface area contributed by atoms with Crippen LogP contribution in [0.3, 0.4) is 0 Å². The number of amides is 1. The maximum Gasteiger partial charge on any atom is 0.255 e. The van der Waals surface area contributed by atoms with Crippen molar-refractivity contribution in [3.8, 4) is 0 Å². The fourth-order valence-corrected chi connectivity index (χ4v) is 3.05. The van der Waals surface area contributed by atoms with Crippen LogP contribution in [-0.4, -0.2) is 33.9 Å². The summed E-state index contributed by atoms with van der Waals surface area (Å²) < 4.78 is 5.88. The Morgan fingerprint density at radius 3 is 3.09 bits per heavy atom. The molecule has 1 saturated heterocycles. The first-order valence-corrected chi connectivity index (χ1v) is 7.77. The van der Waals surface area contributed by atoms with E-state index in [4.69, 9.17) is 4.42 Å². The highest BCUT2D eigenvalue weighted by atomic mass is 16.3. The number of carbonyl (C=O) groups excluding carboxylic acids is 1. The van der Waals surface area contributed by atoms with E-state index in [9.17, 15) is 4.79 Å². The number of aromatic nitrogens is 2. The van der Waals surface area contributed by atoms with E-state index < -0.39 is 0 Å². The summed E-state index contributed by atoms with van der Waals surface area (Å²) in [4.78, 5) is 22.9. The molecule has 3 heterocycles.